The Labute approximate surface area is 275 Å². The Bertz CT molecular complexity index is 2420. The van der Waals surface area contributed by atoms with Crippen LogP contribution in [0.1, 0.15) is 48.1 Å². The van der Waals surface area contributed by atoms with Gasteiger partial charge in [0.2, 0.25) is 0 Å². The van der Waals surface area contributed by atoms with Gasteiger partial charge in [-0.3, -0.25) is 0 Å². The minimum absolute atomic E-state index is 0.00982. The summed E-state index contributed by atoms with van der Waals surface area (Å²) in [7, 11) is 0. The van der Waals surface area contributed by atoms with E-state index >= 15 is 0 Å². The fourth-order valence-electron chi connectivity index (χ4n) is 7.55. The molecule has 8 rings (SSSR count). The Hall–Kier alpha value is -6.03. The molecule has 6 aromatic rings. The quantitative estimate of drug-likeness (QED) is 0.143. The van der Waals surface area contributed by atoms with Crippen LogP contribution in [0.4, 0.5) is 0 Å². The van der Waals surface area contributed by atoms with Crippen LogP contribution in [0.2, 0.25) is 0 Å². The predicted octanol–water partition coefficient (Wildman–Crippen LogP) is 10.7. The molecular weight excluding hydrogens is 571 g/mol. The van der Waals surface area contributed by atoms with Gasteiger partial charge in [-0.05, 0) is 85.9 Å². The number of hydrogen-bond acceptors (Lipinski definition) is 1. The van der Waals surface area contributed by atoms with Gasteiger partial charge in [-0.2, -0.15) is 5.26 Å². The summed E-state index contributed by atoms with van der Waals surface area (Å²) in [5.41, 5.74) is 11.8. The van der Waals surface area contributed by atoms with Gasteiger partial charge >= 0.3 is 0 Å². The molecule has 0 bridgehead atoms. The molecule has 224 valence electrons. The van der Waals surface area contributed by atoms with Gasteiger partial charge in [-0.1, -0.05) is 90.9 Å². The van der Waals surface area contributed by atoms with Crippen molar-refractivity contribution in [3.8, 4) is 24.1 Å². The Kier molecular flexibility index (Phi) is 7.09. The van der Waals surface area contributed by atoms with Crippen LogP contribution >= 0.6 is 0 Å². The molecule has 2 aromatic heterocycles. The van der Waals surface area contributed by atoms with Crippen molar-refractivity contribution in [1.29, 1.82) is 5.26 Å². The minimum Gasteiger partial charge on any atom is -0.313 e. The molecule has 2 heterocycles. The zero-order valence-corrected chi connectivity index (χ0v) is 26.3. The lowest BCUT2D eigenvalue weighted by Crippen LogP contribution is -2.10. The van der Waals surface area contributed by atoms with E-state index in [9.17, 15) is 5.26 Å². The van der Waals surface area contributed by atoms with E-state index in [-0.39, 0.29) is 5.92 Å². The number of allylic oxidation sites excluding steroid dienone is 9. The molecule has 4 aromatic carbocycles. The van der Waals surface area contributed by atoms with Gasteiger partial charge in [0.25, 0.3) is 0 Å². The summed E-state index contributed by atoms with van der Waals surface area (Å²) in [6.45, 7) is 2.13. The van der Waals surface area contributed by atoms with Crippen LogP contribution in [0.25, 0.3) is 50.2 Å². The maximum atomic E-state index is 10.4. The first-order valence-corrected chi connectivity index (χ1v) is 16.2. The molecule has 1 unspecified atom stereocenters. The minimum atomic E-state index is -0.00982. The summed E-state index contributed by atoms with van der Waals surface area (Å²) in [5, 5.41) is 14.1. The summed E-state index contributed by atoms with van der Waals surface area (Å²) in [6.07, 6.45) is 24.3. The lowest BCUT2D eigenvalue weighted by molar-refractivity contribution is 0.828. The van der Waals surface area contributed by atoms with Gasteiger partial charge in [0.15, 0.2) is 0 Å². The van der Waals surface area contributed by atoms with Crippen molar-refractivity contribution in [2.75, 3.05) is 0 Å². The molecule has 3 nitrogen and oxygen atoms in total. The highest BCUT2D eigenvalue weighted by atomic mass is 15.0. The third-order valence-corrected chi connectivity index (χ3v) is 9.63. The Morgan fingerprint density at radius 3 is 2.23 bits per heavy atom. The highest BCUT2D eigenvalue weighted by Crippen LogP contribution is 2.40. The zero-order chi connectivity index (χ0) is 31.9. The number of hydrogen-bond donors (Lipinski definition) is 0. The molecule has 2 aliphatic rings. The van der Waals surface area contributed by atoms with Gasteiger partial charge in [0.1, 0.15) is 0 Å². The van der Waals surface area contributed by atoms with Gasteiger partial charge in [-0.25, -0.2) is 0 Å². The topological polar surface area (TPSA) is 33.6 Å². The lowest BCUT2D eigenvalue weighted by Gasteiger charge is -2.23. The average Bonchev–Trinajstić information content (AvgIpc) is 3.65. The molecule has 0 radical (unpaired) electrons. The fraction of sp³-hybridized carbons (Fsp3) is 0.114. The Morgan fingerprint density at radius 1 is 0.809 bits per heavy atom. The number of fused-ring (bicyclic) bond motifs is 6. The maximum Gasteiger partial charge on any atom is 0.0995 e. The van der Waals surface area contributed by atoms with Crippen molar-refractivity contribution in [3.05, 3.63) is 161 Å². The normalized spacial score (nSPS) is 16.3. The summed E-state index contributed by atoms with van der Waals surface area (Å²) < 4.78 is 4.66. The fourth-order valence-corrected chi connectivity index (χ4v) is 7.55. The van der Waals surface area contributed by atoms with E-state index in [2.05, 4.69) is 149 Å². The smallest absolute Gasteiger partial charge is 0.0995 e. The van der Waals surface area contributed by atoms with E-state index in [1.54, 1.807) is 0 Å². The largest absolute Gasteiger partial charge is 0.313 e. The second kappa shape index (κ2) is 11.7. The van der Waals surface area contributed by atoms with E-state index in [1.165, 1.54) is 44.0 Å². The summed E-state index contributed by atoms with van der Waals surface area (Å²) in [5.74, 6) is 2.95. The van der Waals surface area contributed by atoms with E-state index in [4.69, 9.17) is 6.42 Å². The molecule has 0 saturated heterocycles. The number of aryl methyl sites for hydroxylation is 1. The predicted molar refractivity (Wildman–Crippen MR) is 196 cm³/mol. The molecule has 0 amide bonds. The average molecular weight is 604 g/mol. The van der Waals surface area contributed by atoms with Crippen molar-refractivity contribution in [2.24, 2.45) is 0 Å². The number of benzene rings is 4. The SMILES string of the molecule is C#C/C(=C\C=C(/C)n1c2ccccc2c2ccccc21)C1=CC(c2c(C#N)cccc2-n2c3c(c4ccccc42)CCC=C3)CC=C1. The van der Waals surface area contributed by atoms with Crippen molar-refractivity contribution in [2.45, 2.75) is 32.1 Å². The van der Waals surface area contributed by atoms with Gasteiger partial charge in [0.05, 0.1) is 33.9 Å². The van der Waals surface area contributed by atoms with Crippen LogP contribution in [0.5, 0.6) is 0 Å². The molecule has 2 aliphatic carbocycles. The molecule has 47 heavy (non-hydrogen) atoms. The van der Waals surface area contributed by atoms with Crippen LogP contribution in [0.3, 0.4) is 0 Å². The Balaban J connectivity index is 1.23. The van der Waals surface area contributed by atoms with E-state index < -0.39 is 0 Å². The third kappa shape index (κ3) is 4.68. The summed E-state index contributed by atoms with van der Waals surface area (Å²) in [6, 6.07) is 34.3. The van der Waals surface area contributed by atoms with E-state index in [0.29, 0.717) is 5.56 Å². The number of terminal acetylenes is 1. The van der Waals surface area contributed by atoms with Crippen molar-refractivity contribution >= 4 is 44.5 Å². The molecule has 0 fully saturated rings. The molecule has 0 spiro atoms. The molecule has 3 heteroatoms. The van der Waals surface area contributed by atoms with Crippen LogP contribution in [0, 0.1) is 23.7 Å². The van der Waals surface area contributed by atoms with E-state index in [1.807, 2.05) is 12.1 Å². The molecule has 0 aliphatic heterocycles. The van der Waals surface area contributed by atoms with Crippen molar-refractivity contribution < 1.29 is 0 Å². The highest BCUT2D eigenvalue weighted by Gasteiger charge is 2.25. The third-order valence-electron chi connectivity index (χ3n) is 9.63. The lowest BCUT2D eigenvalue weighted by atomic mass is 9.84. The van der Waals surface area contributed by atoms with Crippen LogP contribution in [-0.4, -0.2) is 9.13 Å². The van der Waals surface area contributed by atoms with Crippen LogP contribution in [-0.2, 0) is 6.42 Å². The molecule has 1 atom stereocenters. The summed E-state index contributed by atoms with van der Waals surface area (Å²) in [4.78, 5) is 0. The number of rotatable bonds is 5. The van der Waals surface area contributed by atoms with Crippen LogP contribution < -0.4 is 0 Å². The zero-order valence-electron chi connectivity index (χ0n) is 26.3. The molecule has 0 N–H and O–H groups in total. The van der Waals surface area contributed by atoms with Gasteiger partial charge in [0, 0.05) is 44.6 Å². The first-order chi connectivity index (χ1) is 23.2. The number of para-hydroxylation sites is 3. The monoisotopic (exact) mass is 603 g/mol. The second-order valence-electron chi connectivity index (χ2n) is 12.3. The first kappa shape index (κ1) is 28.4. The van der Waals surface area contributed by atoms with Crippen LogP contribution in [0.15, 0.2) is 139 Å². The standard InChI is InChI=1S/C44H33N3/c1-3-31(27-26-30(2)46-39-21-8-4-17-35(39)36-18-5-9-22-40(36)46)32-14-12-15-33(28-32)44-34(29-45)16-13-25-43(44)47-41-23-10-6-19-37(41)38-20-7-11-24-42(38)47/h1,4-6,8-14,16-19,21-28,33H,7,15,20H2,2H3/b30-26+,31-27+. The highest BCUT2D eigenvalue weighted by molar-refractivity contribution is 6.10. The molecular formula is C44H33N3. The van der Waals surface area contributed by atoms with Gasteiger partial charge in [-0.15, -0.1) is 6.42 Å². The number of nitrogens with zero attached hydrogens (tertiary/aromatic N) is 3. The number of aromatic nitrogens is 2. The number of nitriles is 1. The van der Waals surface area contributed by atoms with Crippen molar-refractivity contribution in [3.63, 3.8) is 0 Å². The maximum absolute atomic E-state index is 10.4. The summed E-state index contributed by atoms with van der Waals surface area (Å²) >= 11 is 0. The van der Waals surface area contributed by atoms with Crippen molar-refractivity contribution in [1.82, 2.24) is 9.13 Å². The molecule has 0 saturated carbocycles. The van der Waals surface area contributed by atoms with E-state index in [0.717, 1.165) is 47.4 Å². The first-order valence-electron chi connectivity index (χ1n) is 16.2. The second-order valence-corrected chi connectivity index (χ2v) is 12.3. The Morgan fingerprint density at radius 2 is 1.51 bits per heavy atom. The van der Waals surface area contributed by atoms with Gasteiger partial charge < -0.3 is 9.13 Å².